The van der Waals surface area contributed by atoms with Gasteiger partial charge in [-0.3, -0.25) is 0 Å². The first-order valence-corrected chi connectivity index (χ1v) is 8.85. The molecular weight excluding hydrogens is 282 g/mol. The maximum atomic E-state index is 6.29. The van der Waals surface area contributed by atoms with Crippen molar-refractivity contribution in [2.75, 3.05) is 13.2 Å². The largest absolute Gasteiger partial charge is 0.493 e. The average molecular weight is 306 g/mol. The highest BCUT2D eigenvalue weighted by atomic mass is 35.5. The fourth-order valence-corrected chi connectivity index (χ4v) is 4.30. The molecule has 114 valence electrons. The van der Waals surface area contributed by atoms with Gasteiger partial charge in [-0.05, 0) is 73.7 Å². The molecule has 2 saturated carbocycles. The molecule has 1 aromatic carbocycles. The number of fused-ring (bicyclic) bond motifs is 1. The van der Waals surface area contributed by atoms with Gasteiger partial charge in [0.05, 0.1) is 6.61 Å². The zero-order valence-electron chi connectivity index (χ0n) is 12.5. The molecule has 1 aromatic rings. The third-order valence-electron chi connectivity index (χ3n) is 5.37. The number of hydrogen-bond donors (Lipinski definition) is 1. The van der Waals surface area contributed by atoms with Crippen LogP contribution in [0.15, 0.2) is 12.1 Å². The average Bonchev–Trinajstić information content (AvgIpc) is 2.99. The maximum absolute atomic E-state index is 6.29. The highest BCUT2D eigenvalue weighted by Crippen LogP contribution is 2.39. The van der Waals surface area contributed by atoms with Gasteiger partial charge in [0.15, 0.2) is 0 Å². The monoisotopic (exact) mass is 305 g/mol. The van der Waals surface area contributed by atoms with Crippen molar-refractivity contribution in [3.05, 3.63) is 28.3 Å². The second-order valence-electron chi connectivity index (χ2n) is 6.99. The van der Waals surface area contributed by atoms with E-state index in [-0.39, 0.29) is 0 Å². The summed E-state index contributed by atoms with van der Waals surface area (Å²) >= 11 is 6.29. The number of rotatable bonds is 5. The number of benzene rings is 1. The van der Waals surface area contributed by atoms with Crippen LogP contribution >= 0.6 is 11.6 Å². The molecule has 3 heteroatoms. The van der Waals surface area contributed by atoms with Crippen LogP contribution in [0.4, 0.5) is 0 Å². The summed E-state index contributed by atoms with van der Waals surface area (Å²) < 4.78 is 5.86. The molecular formula is C18H24ClNO. The Kier molecular flexibility index (Phi) is 3.85. The molecule has 2 unspecified atom stereocenters. The van der Waals surface area contributed by atoms with Gasteiger partial charge < -0.3 is 10.1 Å². The van der Waals surface area contributed by atoms with Gasteiger partial charge in [0, 0.05) is 17.5 Å². The first-order chi connectivity index (χ1) is 10.3. The van der Waals surface area contributed by atoms with Crippen LogP contribution in [0.1, 0.15) is 43.2 Å². The summed E-state index contributed by atoms with van der Waals surface area (Å²) in [5.74, 6) is 2.77. The minimum absolute atomic E-state index is 0.794. The van der Waals surface area contributed by atoms with Gasteiger partial charge in [0.2, 0.25) is 0 Å². The second-order valence-corrected chi connectivity index (χ2v) is 7.43. The molecule has 2 nitrogen and oxygen atoms in total. The first kappa shape index (κ1) is 13.9. The Morgan fingerprint density at radius 3 is 2.86 bits per heavy atom. The molecule has 0 aromatic heterocycles. The lowest BCUT2D eigenvalue weighted by Gasteiger charge is -2.21. The van der Waals surface area contributed by atoms with Gasteiger partial charge in [-0.1, -0.05) is 18.0 Å². The molecule has 2 fully saturated rings. The van der Waals surface area contributed by atoms with Crippen LogP contribution in [0.5, 0.6) is 5.75 Å². The highest BCUT2D eigenvalue weighted by molar-refractivity contribution is 6.30. The molecule has 2 aliphatic carbocycles. The van der Waals surface area contributed by atoms with Crippen LogP contribution in [0.3, 0.4) is 0 Å². The van der Waals surface area contributed by atoms with Crippen molar-refractivity contribution in [2.45, 2.75) is 51.0 Å². The van der Waals surface area contributed by atoms with E-state index in [1.54, 1.807) is 0 Å². The van der Waals surface area contributed by atoms with E-state index in [2.05, 4.69) is 17.4 Å². The van der Waals surface area contributed by atoms with E-state index in [1.807, 2.05) is 0 Å². The SMILES string of the molecule is Clc1cc2c(c(CC3CCCC3CNC3CC3)c1)OCC2. The Morgan fingerprint density at radius 1 is 1.14 bits per heavy atom. The normalized spacial score (nSPS) is 27.7. The predicted octanol–water partition coefficient (Wildman–Crippen LogP) is 3.99. The van der Waals surface area contributed by atoms with E-state index >= 15 is 0 Å². The van der Waals surface area contributed by atoms with E-state index in [1.165, 1.54) is 49.8 Å². The van der Waals surface area contributed by atoms with Gasteiger partial charge in [0.25, 0.3) is 0 Å². The van der Waals surface area contributed by atoms with Crippen LogP contribution in [-0.2, 0) is 12.8 Å². The Labute approximate surface area is 132 Å². The second kappa shape index (κ2) is 5.81. The van der Waals surface area contributed by atoms with Crippen molar-refractivity contribution in [3.63, 3.8) is 0 Å². The molecule has 1 N–H and O–H groups in total. The molecule has 2 atom stereocenters. The molecule has 0 radical (unpaired) electrons. The van der Waals surface area contributed by atoms with Crippen LogP contribution in [0.25, 0.3) is 0 Å². The van der Waals surface area contributed by atoms with Crippen molar-refractivity contribution in [1.82, 2.24) is 5.32 Å². The molecule has 1 heterocycles. The zero-order valence-corrected chi connectivity index (χ0v) is 13.3. The van der Waals surface area contributed by atoms with Gasteiger partial charge >= 0.3 is 0 Å². The van der Waals surface area contributed by atoms with Crippen LogP contribution in [0.2, 0.25) is 5.02 Å². The van der Waals surface area contributed by atoms with E-state index in [9.17, 15) is 0 Å². The van der Waals surface area contributed by atoms with Gasteiger partial charge in [0.1, 0.15) is 5.75 Å². The van der Waals surface area contributed by atoms with Crippen molar-refractivity contribution in [2.24, 2.45) is 11.8 Å². The van der Waals surface area contributed by atoms with Gasteiger partial charge in [-0.25, -0.2) is 0 Å². The smallest absolute Gasteiger partial charge is 0.125 e. The van der Waals surface area contributed by atoms with E-state index < -0.39 is 0 Å². The van der Waals surface area contributed by atoms with Gasteiger partial charge in [-0.15, -0.1) is 0 Å². The van der Waals surface area contributed by atoms with Crippen molar-refractivity contribution in [1.29, 1.82) is 0 Å². The van der Waals surface area contributed by atoms with Gasteiger partial charge in [-0.2, -0.15) is 0 Å². The first-order valence-electron chi connectivity index (χ1n) is 8.47. The summed E-state index contributed by atoms with van der Waals surface area (Å²) in [5.41, 5.74) is 2.65. The Hall–Kier alpha value is -0.730. The topological polar surface area (TPSA) is 21.3 Å². The molecule has 1 aliphatic heterocycles. The summed E-state index contributed by atoms with van der Waals surface area (Å²) in [6, 6.07) is 5.04. The van der Waals surface area contributed by atoms with E-state index in [0.29, 0.717) is 0 Å². The lowest BCUT2D eigenvalue weighted by molar-refractivity contribution is 0.338. The predicted molar refractivity (Wildman–Crippen MR) is 86.2 cm³/mol. The zero-order chi connectivity index (χ0) is 14.2. The number of halogens is 1. The van der Waals surface area contributed by atoms with E-state index in [0.717, 1.165) is 48.1 Å². The quantitative estimate of drug-likeness (QED) is 0.888. The van der Waals surface area contributed by atoms with Crippen molar-refractivity contribution in [3.8, 4) is 5.75 Å². The summed E-state index contributed by atoms with van der Waals surface area (Å²) in [6.07, 6.45) is 9.04. The number of nitrogens with one attached hydrogen (secondary N) is 1. The van der Waals surface area contributed by atoms with Crippen molar-refractivity contribution < 1.29 is 4.74 Å². The summed E-state index contributed by atoms with van der Waals surface area (Å²) in [7, 11) is 0. The minimum atomic E-state index is 0.794. The lowest BCUT2D eigenvalue weighted by Crippen LogP contribution is -2.27. The number of hydrogen-bond acceptors (Lipinski definition) is 2. The van der Waals surface area contributed by atoms with Crippen molar-refractivity contribution >= 4 is 11.6 Å². The number of ether oxygens (including phenoxy) is 1. The minimum Gasteiger partial charge on any atom is -0.493 e. The maximum Gasteiger partial charge on any atom is 0.125 e. The molecule has 4 rings (SSSR count). The highest BCUT2D eigenvalue weighted by Gasteiger charge is 2.31. The molecule has 3 aliphatic rings. The third-order valence-corrected chi connectivity index (χ3v) is 5.59. The lowest BCUT2D eigenvalue weighted by atomic mass is 9.88. The van der Waals surface area contributed by atoms with Crippen LogP contribution in [0, 0.1) is 11.8 Å². The Bertz CT molecular complexity index is 526. The standard InChI is InChI=1S/C18H24ClNO/c19-16-9-13-6-7-21-18(13)15(10-16)8-12-2-1-3-14(12)11-20-17-4-5-17/h9-10,12,14,17,20H,1-8,11H2. The van der Waals surface area contributed by atoms with Crippen LogP contribution < -0.4 is 10.1 Å². The summed E-state index contributed by atoms with van der Waals surface area (Å²) in [6.45, 7) is 2.03. The molecule has 0 saturated heterocycles. The molecule has 0 amide bonds. The third kappa shape index (κ3) is 3.07. The Morgan fingerprint density at radius 2 is 2.00 bits per heavy atom. The Balaban J connectivity index is 1.47. The summed E-state index contributed by atoms with van der Waals surface area (Å²) in [4.78, 5) is 0. The molecule has 21 heavy (non-hydrogen) atoms. The molecule has 0 bridgehead atoms. The van der Waals surface area contributed by atoms with Crippen LogP contribution in [-0.4, -0.2) is 19.2 Å². The van der Waals surface area contributed by atoms with E-state index in [4.69, 9.17) is 16.3 Å². The fraction of sp³-hybridized carbons (Fsp3) is 0.667. The molecule has 0 spiro atoms. The summed E-state index contributed by atoms with van der Waals surface area (Å²) in [5, 5.41) is 4.60. The fourth-order valence-electron chi connectivity index (χ4n) is 4.04.